The molecular weight excluding hydrogens is 107 g/mol. The summed E-state index contributed by atoms with van der Waals surface area (Å²) in [7, 11) is 0. The van der Waals surface area contributed by atoms with Gasteiger partial charge in [-0.25, -0.2) is 0 Å². The molecule has 0 bridgehead atoms. The van der Waals surface area contributed by atoms with E-state index in [0.29, 0.717) is 0 Å². The first kappa shape index (κ1) is 1.28. The van der Waals surface area contributed by atoms with Crippen molar-refractivity contribution < 1.29 is 6.85 Å². The monoisotopic (exact) mass is 117 g/mol. The summed E-state index contributed by atoms with van der Waals surface area (Å²) in [6.07, 6.45) is -2.53. The maximum Gasteiger partial charge on any atom is 0.107 e. The number of rotatable bonds is 1. The molecule has 0 amide bonds. The lowest BCUT2D eigenvalue weighted by Gasteiger charge is -1.84. The van der Waals surface area contributed by atoms with Crippen molar-refractivity contribution in [2.24, 2.45) is 0 Å². The first-order chi connectivity index (χ1) is 4.19. The van der Waals surface area contributed by atoms with Gasteiger partial charge in [-0.3, -0.25) is 0 Å². The van der Waals surface area contributed by atoms with Crippen molar-refractivity contribution in [1.82, 2.24) is 0 Å². The molecule has 0 unspecified atom stereocenters. The first-order valence-electron chi connectivity index (χ1n) is 3.48. The van der Waals surface area contributed by atoms with Crippen LogP contribution in [-0.4, -0.2) is 4.84 Å². The predicted octanol–water partition coefficient (Wildman–Crippen LogP) is 2.20. The summed E-state index contributed by atoms with van der Waals surface area (Å²) in [5.41, 5.74) is 0. The van der Waals surface area contributed by atoms with Gasteiger partial charge in [-0.05, 0) is 6.37 Å². The standard InChI is InChI=1S/C3H6Cl2/c1-2-3(4)5/h3H,2H2,1H3/i1D3,2D2. The Morgan fingerprint density at radius 2 is 2.80 bits per heavy atom. The molecule has 0 N–H and O–H groups in total. The fraction of sp³-hybridized carbons (Fsp3) is 1.00. The summed E-state index contributed by atoms with van der Waals surface area (Å²) in [5, 5.41) is 0. The van der Waals surface area contributed by atoms with Crippen LogP contribution in [0.3, 0.4) is 0 Å². The van der Waals surface area contributed by atoms with Crippen LogP contribution in [0.4, 0.5) is 0 Å². The summed E-state index contributed by atoms with van der Waals surface area (Å²) in [4.78, 5) is -1.53. The minimum absolute atomic E-state index is 1.53. The Morgan fingerprint density at radius 1 is 2.20 bits per heavy atom. The Hall–Kier alpha value is 0.580. The van der Waals surface area contributed by atoms with E-state index in [-0.39, 0.29) is 0 Å². The highest BCUT2D eigenvalue weighted by atomic mass is 35.5. The van der Waals surface area contributed by atoms with Crippen LogP contribution >= 0.6 is 23.2 Å². The highest BCUT2D eigenvalue weighted by Crippen LogP contribution is 2.03. The Bertz CT molecular complexity index is 117. The van der Waals surface area contributed by atoms with Gasteiger partial charge in [-0.2, -0.15) is 0 Å². The van der Waals surface area contributed by atoms with Gasteiger partial charge in [0.05, 0.1) is 0 Å². The molecule has 32 valence electrons. The summed E-state index contributed by atoms with van der Waals surface area (Å²) >= 11 is 10.2. The van der Waals surface area contributed by atoms with E-state index in [1.165, 1.54) is 0 Å². The van der Waals surface area contributed by atoms with Gasteiger partial charge in [0.15, 0.2) is 0 Å². The summed E-state index contributed by atoms with van der Waals surface area (Å²) < 4.78 is 33.7. The normalized spacial score (nSPS) is 29.8. The molecule has 0 fully saturated rings. The lowest BCUT2D eigenvalue weighted by Crippen LogP contribution is -1.75. The van der Waals surface area contributed by atoms with Gasteiger partial charge < -0.3 is 0 Å². The summed E-state index contributed by atoms with van der Waals surface area (Å²) in [6.45, 7) is -2.76. The van der Waals surface area contributed by atoms with Crippen molar-refractivity contribution >= 4 is 23.2 Å². The Labute approximate surface area is 49.1 Å². The number of hydrogen-bond acceptors (Lipinski definition) is 0. The highest BCUT2D eigenvalue weighted by Gasteiger charge is 1.86. The van der Waals surface area contributed by atoms with Crippen LogP contribution < -0.4 is 0 Å². The van der Waals surface area contributed by atoms with Crippen molar-refractivity contribution in [2.45, 2.75) is 18.1 Å². The quantitative estimate of drug-likeness (QED) is 0.463. The van der Waals surface area contributed by atoms with Crippen LogP contribution in [-0.2, 0) is 0 Å². The van der Waals surface area contributed by atoms with E-state index in [2.05, 4.69) is 0 Å². The van der Waals surface area contributed by atoms with E-state index in [0.717, 1.165) is 0 Å². The zero-order valence-corrected chi connectivity index (χ0v) is 3.85. The molecule has 0 aromatic heterocycles. The highest BCUT2D eigenvalue weighted by molar-refractivity contribution is 6.44. The molecule has 5 heavy (non-hydrogen) atoms. The summed E-state index contributed by atoms with van der Waals surface area (Å²) in [5.74, 6) is 0. The topological polar surface area (TPSA) is 0 Å². The molecule has 0 spiro atoms. The average Bonchev–Trinajstić information content (AvgIpc) is 1.62. The van der Waals surface area contributed by atoms with Crippen LogP contribution in [0.25, 0.3) is 0 Å². The average molecular weight is 118 g/mol. The smallest absolute Gasteiger partial charge is 0.105 e. The van der Waals surface area contributed by atoms with E-state index in [9.17, 15) is 0 Å². The van der Waals surface area contributed by atoms with Crippen LogP contribution in [0.5, 0.6) is 0 Å². The third kappa shape index (κ3) is 4.58. The van der Waals surface area contributed by atoms with E-state index in [1.54, 1.807) is 0 Å². The third-order valence-corrected chi connectivity index (χ3v) is 0.327. The fourth-order valence-corrected chi connectivity index (χ4v) is 0. The zero-order valence-electron chi connectivity index (χ0n) is 7.33. The van der Waals surface area contributed by atoms with Crippen molar-refractivity contribution in [3.63, 3.8) is 0 Å². The maximum absolute atomic E-state index is 6.87. The maximum atomic E-state index is 6.87. The van der Waals surface area contributed by atoms with Gasteiger partial charge in [0.25, 0.3) is 0 Å². The minimum Gasteiger partial charge on any atom is -0.105 e. The second-order valence-corrected chi connectivity index (χ2v) is 1.54. The van der Waals surface area contributed by atoms with Gasteiger partial charge >= 0.3 is 0 Å². The van der Waals surface area contributed by atoms with Crippen molar-refractivity contribution in [3.8, 4) is 0 Å². The van der Waals surface area contributed by atoms with E-state index >= 15 is 0 Å². The van der Waals surface area contributed by atoms with Crippen LogP contribution in [0, 0.1) is 0 Å². The Morgan fingerprint density at radius 3 is 2.80 bits per heavy atom. The molecule has 0 aromatic carbocycles. The minimum atomic E-state index is -2.76. The molecule has 0 aliphatic rings. The lowest BCUT2D eigenvalue weighted by molar-refractivity contribution is 1.04. The molecule has 0 aliphatic heterocycles. The fourth-order valence-electron chi connectivity index (χ4n) is 0. The van der Waals surface area contributed by atoms with Crippen LogP contribution in [0.1, 0.15) is 20.1 Å². The van der Waals surface area contributed by atoms with Crippen molar-refractivity contribution in [3.05, 3.63) is 0 Å². The molecule has 0 heterocycles. The summed E-state index contributed by atoms with van der Waals surface area (Å²) in [6, 6.07) is 0. The zero-order chi connectivity index (χ0) is 8.58. The van der Waals surface area contributed by atoms with Gasteiger partial charge in [-0.15, -0.1) is 23.2 Å². The molecule has 0 aromatic rings. The van der Waals surface area contributed by atoms with Gasteiger partial charge in [-0.1, -0.05) is 6.85 Å². The number of halogens is 2. The van der Waals surface area contributed by atoms with E-state index < -0.39 is 18.1 Å². The van der Waals surface area contributed by atoms with Gasteiger partial charge in [0, 0.05) is 6.85 Å². The first-order valence-corrected chi connectivity index (χ1v) is 1.85. The molecule has 0 saturated carbocycles. The number of hydrogen-bond donors (Lipinski definition) is 0. The molecule has 0 rings (SSSR count). The number of alkyl halides is 2. The van der Waals surface area contributed by atoms with E-state index in [4.69, 9.17) is 30.1 Å². The molecule has 2 heteroatoms. The van der Waals surface area contributed by atoms with Crippen molar-refractivity contribution in [2.75, 3.05) is 0 Å². The molecule has 0 radical (unpaired) electrons. The Balaban J connectivity index is 4.40. The van der Waals surface area contributed by atoms with Crippen molar-refractivity contribution in [1.29, 1.82) is 0 Å². The molecular formula is C3H6Cl2. The van der Waals surface area contributed by atoms with Crippen LogP contribution in [0.15, 0.2) is 0 Å². The predicted molar refractivity (Wildman–Crippen MR) is 25.8 cm³/mol. The molecule has 0 saturated heterocycles. The largest absolute Gasteiger partial charge is 0.107 e. The second kappa shape index (κ2) is 2.80. The second-order valence-electron chi connectivity index (χ2n) is 0.445. The van der Waals surface area contributed by atoms with Gasteiger partial charge in [0.2, 0.25) is 0 Å². The molecule has 0 atom stereocenters. The van der Waals surface area contributed by atoms with Gasteiger partial charge in [0.1, 0.15) is 4.84 Å². The van der Waals surface area contributed by atoms with E-state index in [1.807, 2.05) is 0 Å². The molecule has 0 nitrogen and oxygen atoms in total. The molecule has 0 aliphatic carbocycles. The third-order valence-electron chi connectivity index (χ3n) is 0.109. The SMILES string of the molecule is [2H]C([2H])([2H])C([2H])([2H])C(Cl)Cl. The Kier molecular flexibility index (Phi) is 0.714. The lowest BCUT2D eigenvalue weighted by atomic mass is 10.6. The van der Waals surface area contributed by atoms with Crippen LogP contribution in [0.2, 0.25) is 0 Å².